The third kappa shape index (κ3) is 11.8. The van der Waals surface area contributed by atoms with Gasteiger partial charge in [-0.2, -0.15) is 5.10 Å². The number of carbonyl (C=O) groups is 3. The fourth-order valence-electron chi connectivity index (χ4n) is 4.00. The van der Waals surface area contributed by atoms with Gasteiger partial charge in [-0.1, -0.05) is 60.2 Å². The molecule has 42 heavy (non-hydrogen) atoms. The summed E-state index contributed by atoms with van der Waals surface area (Å²) in [5, 5.41) is 27.4. The van der Waals surface area contributed by atoms with Gasteiger partial charge in [-0.25, -0.2) is 13.6 Å². The highest BCUT2D eigenvalue weighted by Gasteiger charge is 2.19. The van der Waals surface area contributed by atoms with Crippen molar-refractivity contribution in [3.05, 3.63) is 28.2 Å². The molecule has 2 heterocycles. The van der Waals surface area contributed by atoms with Crippen LogP contribution < -0.4 is 26.1 Å². The van der Waals surface area contributed by atoms with E-state index < -0.39 is 10.0 Å². The van der Waals surface area contributed by atoms with Crippen LogP contribution in [0, 0.1) is 0 Å². The van der Waals surface area contributed by atoms with Gasteiger partial charge in [0, 0.05) is 38.8 Å². The molecule has 0 saturated carbocycles. The maximum Gasteiger partial charge on any atom is 0.267 e. The molecule has 17 heteroatoms. The number of unbranched alkanes of at least 4 members (excludes halogenated alkanes) is 5. The molecular weight excluding hydrogens is 627 g/mol. The van der Waals surface area contributed by atoms with Crippen LogP contribution in [0.1, 0.15) is 70.6 Å². The van der Waals surface area contributed by atoms with Gasteiger partial charge in [0.15, 0.2) is 0 Å². The maximum atomic E-state index is 12.2. The van der Waals surface area contributed by atoms with Gasteiger partial charge in [-0.3, -0.25) is 19.4 Å². The molecule has 0 spiro atoms. The number of benzene rings is 1. The van der Waals surface area contributed by atoms with E-state index in [9.17, 15) is 22.8 Å². The molecule has 1 aliphatic heterocycles. The van der Waals surface area contributed by atoms with Gasteiger partial charge in [-0.05, 0) is 37.5 Å². The second-order valence-corrected chi connectivity index (χ2v) is 13.1. The van der Waals surface area contributed by atoms with Gasteiger partial charge in [0.1, 0.15) is 5.84 Å². The lowest BCUT2D eigenvalue weighted by atomic mass is 10.1. The number of rotatable bonds is 16. The van der Waals surface area contributed by atoms with Crippen LogP contribution in [0.5, 0.6) is 0 Å². The van der Waals surface area contributed by atoms with E-state index in [4.69, 9.17) is 28.3 Å². The summed E-state index contributed by atoms with van der Waals surface area (Å²) in [6.07, 6.45) is 7.25. The number of anilines is 2. The Balaban J connectivity index is 1.15. The number of halogens is 2. The van der Waals surface area contributed by atoms with E-state index >= 15 is 0 Å². The lowest BCUT2D eigenvalue weighted by Crippen LogP contribution is -2.30. The summed E-state index contributed by atoms with van der Waals surface area (Å²) in [4.78, 5) is 36.2. The quantitative estimate of drug-likeness (QED) is 0.154. The molecule has 1 aliphatic rings. The monoisotopic (exact) mass is 660 g/mol. The van der Waals surface area contributed by atoms with Crippen LogP contribution in [0.4, 0.5) is 10.8 Å². The zero-order chi connectivity index (χ0) is 30.5. The van der Waals surface area contributed by atoms with Gasteiger partial charge in [0.25, 0.3) is 10.0 Å². The molecule has 0 bridgehead atoms. The molecule has 5 N–H and O–H groups in total. The van der Waals surface area contributed by atoms with Gasteiger partial charge in [-0.15, -0.1) is 10.2 Å². The van der Waals surface area contributed by atoms with Crippen LogP contribution in [0.2, 0.25) is 10.0 Å². The molecule has 13 nitrogen and oxygen atoms in total. The second kappa shape index (κ2) is 16.7. The number of amides is 3. The summed E-state index contributed by atoms with van der Waals surface area (Å²) in [6.45, 7) is 1.05. The van der Waals surface area contributed by atoms with Crippen LogP contribution in [-0.4, -0.2) is 55.3 Å². The molecule has 1 aromatic carbocycles. The molecule has 230 valence electrons. The fourth-order valence-corrected chi connectivity index (χ4v) is 5.64. The second-order valence-electron chi connectivity index (χ2n) is 9.61. The molecular formula is C25H34Cl2N8O5S2. The molecule has 0 aliphatic carbocycles. The number of nitrogens with two attached hydrogens (primary N) is 1. The van der Waals surface area contributed by atoms with Crippen molar-refractivity contribution in [3.63, 3.8) is 0 Å². The van der Waals surface area contributed by atoms with Crippen molar-refractivity contribution < 1.29 is 22.8 Å². The summed E-state index contributed by atoms with van der Waals surface area (Å²) in [5.74, 6) is 0.146. The molecule has 0 radical (unpaired) electrons. The minimum atomic E-state index is -3.93. The summed E-state index contributed by atoms with van der Waals surface area (Å²) in [7, 11) is -3.93. The van der Waals surface area contributed by atoms with Crippen LogP contribution in [-0.2, 0) is 24.4 Å². The van der Waals surface area contributed by atoms with E-state index in [1.54, 1.807) is 17.1 Å². The Morgan fingerprint density at radius 2 is 1.52 bits per heavy atom. The lowest BCUT2D eigenvalue weighted by Gasteiger charge is -2.13. The molecule has 3 amide bonds. The zero-order valence-corrected chi connectivity index (χ0v) is 26.0. The third-order valence-corrected chi connectivity index (χ3v) is 9.03. The Morgan fingerprint density at radius 3 is 2.19 bits per heavy atom. The first kappa shape index (κ1) is 33.6. The Labute approximate surface area is 258 Å². The predicted octanol–water partition coefficient (Wildman–Crippen LogP) is 3.79. The minimum Gasteiger partial charge on any atom is -0.356 e. The molecule has 0 saturated heterocycles. The van der Waals surface area contributed by atoms with E-state index in [1.165, 1.54) is 0 Å². The first-order valence-electron chi connectivity index (χ1n) is 13.5. The van der Waals surface area contributed by atoms with E-state index in [0.717, 1.165) is 37.8 Å². The van der Waals surface area contributed by atoms with Crippen molar-refractivity contribution in [2.45, 2.75) is 75.0 Å². The van der Waals surface area contributed by atoms with Gasteiger partial charge < -0.3 is 16.0 Å². The van der Waals surface area contributed by atoms with Crippen molar-refractivity contribution in [3.8, 4) is 0 Å². The van der Waals surface area contributed by atoms with Crippen molar-refractivity contribution in [1.82, 2.24) is 20.8 Å². The van der Waals surface area contributed by atoms with E-state index in [-0.39, 0.29) is 40.0 Å². The Hall–Kier alpha value is -2.85. The number of amidine groups is 1. The van der Waals surface area contributed by atoms with Gasteiger partial charge in [0.05, 0.1) is 15.7 Å². The van der Waals surface area contributed by atoms with E-state index in [2.05, 4.69) is 31.2 Å². The molecule has 0 atom stereocenters. The number of carbonyl (C=O) groups excluding carboxylic acids is 3. The minimum absolute atomic E-state index is 0.0354. The van der Waals surface area contributed by atoms with Crippen molar-refractivity contribution in [2.24, 2.45) is 10.2 Å². The standard InChI is InChI=1S/C25H34Cl2N8O5S2/c26-18-12-11-17(16-19(18)27)35-15-13-20(34-35)30-22(37)10-7-14-29-21(36)8-5-3-1-2-4-6-9-23(38)31-24-32-33-25(41-24)42(28,39)40/h11-12,16H,1-10,13-15H2,(H,29,36)(H2,28,39,40)(H,30,34,37)(H,31,32,38). The average molecular weight is 662 g/mol. The lowest BCUT2D eigenvalue weighted by molar-refractivity contribution is -0.122. The van der Waals surface area contributed by atoms with Crippen LogP contribution in [0.3, 0.4) is 0 Å². The van der Waals surface area contributed by atoms with Gasteiger partial charge >= 0.3 is 0 Å². The first-order chi connectivity index (χ1) is 20.0. The van der Waals surface area contributed by atoms with Crippen LogP contribution in [0.15, 0.2) is 27.6 Å². The van der Waals surface area contributed by atoms with Crippen molar-refractivity contribution in [2.75, 3.05) is 23.4 Å². The van der Waals surface area contributed by atoms with E-state index in [1.807, 2.05) is 6.07 Å². The van der Waals surface area contributed by atoms with Gasteiger partial charge in [0.2, 0.25) is 27.2 Å². The Morgan fingerprint density at radius 1 is 0.881 bits per heavy atom. The Bertz CT molecular complexity index is 1390. The fraction of sp³-hybridized carbons (Fsp3) is 0.520. The molecule has 0 unspecified atom stereocenters. The summed E-state index contributed by atoms with van der Waals surface area (Å²) >= 11 is 12.7. The highest BCUT2D eigenvalue weighted by atomic mass is 35.5. The van der Waals surface area contributed by atoms with Crippen LogP contribution >= 0.6 is 34.5 Å². The largest absolute Gasteiger partial charge is 0.356 e. The number of hydrogen-bond donors (Lipinski definition) is 4. The predicted molar refractivity (Wildman–Crippen MR) is 163 cm³/mol. The maximum absolute atomic E-state index is 12.2. The molecule has 2 aromatic rings. The topological polar surface area (TPSA) is 189 Å². The van der Waals surface area contributed by atoms with Crippen molar-refractivity contribution in [1.29, 1.82) is 0 Å². The third-order valence-electron chi connectivity index (χ3n) is 6.14. The summed E-state index contributed by atoms with van der Waals surface area (Å²) in [6, 6.07) is 5.25. The number of hydrazone groups is 1. The Kier molecular flexibility index (Phi) is 13.4. The molecule has 1 aromatic heterocycles. The number of hydrogen-bond acceptors (Lipinski definition) is 10. The number of primary sulfonamides is 1. The highest BCUT2D eigenvalue weighted by Crippen LogP contribution is 2.28. The smallest absolute Gasteiger partial charge is 0.267 e. The van der Waals surface area contributed by atoms with Crippen LogP contribution in [0.25, 0.3) is 0 Å². The number of sulfonamides is 1. The number of aromatic nitrogens is 2. The SMILES string of the molecule is NS(=O)(=O)c1nnc(NC(=O)CCCCCCCCC(=O)NCCCC(=O)NC2=NN(c3ccc(Cl)c(Cl)c3)CC2)s1. The molecule has 0 fully saturated rings. The van der Waals surface area contributed by atoms with E-state index in [0.29, 0.717) is 66.0 Å². The summed E-state index contributed by atoms with van der Waals surface area (Å²) < 4.78 is 22.1. The first-order valence-corrected chi connectivity index (χ1v) is 16.7. The molecule has 3 rings (SSSR count). The van der Waals surface area contributed by atoms with Crippen molar-refractivity contribution >= 4 is 78.9 Å². The number of nitrogens with one attached hydrogen (secondary N) is 3. The summed E-state index contributed by atoms with van der Waals surface area (Å²) in [5.41, 5.74) is 0.799. The number of nitrogens with zero attached hydrogens (tertiary/aromatic N) is 4. The highest BCUT2D eigenvalue weighted by molar-refractivity contribution is 7.91. The zero-order valence-electron chi connectivity index (χ0n) is 22.9. The average Bonchev–Trinajstić information content (AvgIpc) is 3.60. The normalized spacial score (nSPS) is 13.1.